The van der Waals surface area contributed by atoms with E-state index >= 15 is 0 Å². The Morgan fingerprint density at radius 1 is 1.09 bits per heavy atom. The van der Waals surface area contributed by atoms with E-state index in [1.807, 2.05) is 86.6 Å². The molecule has 4 aromatic rings. The number of nitrogens with one attached hydrogen (secondary N) is 2. The van der Waals surface area contributed by atoms with Gasteiger partial charge in [0.15, 0.2) is 0 Å². The Hall–Kier alpha value is -3.77. The molecule has 1 atom stereocenters. The number of hydrogen-bond acceptors (Lipinski definition) is 4. The van der Waals surface area contributed by atoms with Crippen LogP contribution in [0.1, 0.15) is 25.5 Å². The van der Waals surface area contributed by atoms with Crippen LogP contribution in [0.15, 0.2) is 84.1 Å². The maximum Gasteiger partial charge on any atom is 0.255 e. The fourth-order valence-electron chi connectivity index (χ4n) is 4.22. The minimum absolute atomic E-state index is 0.187. The van der Waals surface area contributed by atoms with Crippen LogP contribution in [0.4, 0.5) is 11.6 Å². The molecule has 1 amide bonds. The zero-order valence-electron chi connectivity index (χ0n) is 18.3. The Morgan fingerprint density at radius 2 is 1.82 bits per heavy atom. The highest BCUT2D eigenvalue weighted by Gasteiger charge is 2.34. The predicted octanol–water partition coefficient (Wildman–Crippen LogP) is 6.02. The van der Waals surface area contributed by atoms with E-state index < -0.39 is 0 Å². The maximum absolute atomic E-state index is 13.6. The van der Waals surface area contributed by atoms with E-state index in [-0.39, 0.29) is 11.9 Å². The molecule has 33 heavy (non-hydrogen) atoms. The van der Waals surface area contributed by atoms with Gasteiger partial charge >= 0.3 is 0 Å². The molecule has 3 aromatic carbocycles. The van der Waals surface area contributed by atoms with Gasteiger partial charge in [-0.2, -0.15) is 0 Å². The summed E-state index contributed by atoms with van der Waals surface area (Å²) in [6.45, 7) is 4.43. The van der Waals surface area contributed by atoms with Crippen molar-refractivity contribution >= 4 is 40.2 Å². The Morgan fingerprint density at radius 3 is 2.55 bits per heavy atom. The molecule has 2 N–H and O–H groups in total. The maximum atomic E-state index is 13.6. The monoisotopic (exact) mass is 458 g/mol. The number of amides is 1. The van der Waals surface area contributed by atoms with Crippen LogP contribution in [0, 0.1) is 0 Å². The number of hydrogen-bond donors (Lipinski definition) is 2. The fraction of sp³-hybridized carbons (Fsp3) is 0.154. The number of nitrogens with zero attached hydrogens (tertiary/aromatic N) is 2. The molecule has 166 valence electrons. The van der Waals surface area contributed by atoms with Crippen molar-refractivity contribution in [3.63, 3.8) is 0 Å². The van der Waals surface area contributed by atoms with Crippen LogP contribution in [0.5, 0.6) is 5.75 Å². The van der Waals surface area contributed by atoms with Crippen molar-refractivity contribution in [1.29, 1.82) is 0 Å². The number of carbonyl (C=O) groups excluding carboxylic acids is 1. The van der Waals surface area contributed by atoms with Gasteiger partial charge in [0.2, 0.25) is 5.95 Å². The number of anilines is 2. The van der Waals surface area contributed by atoms with Crippen molar-refractivity contribution in [2.24, 2.45) is 0 Å². The molecule has 0 fully saturated rings. The number of halogens is 1. The molecule has 1 aliphatic rings. The van der Waals surface area contributed by atoms with Crippen molar-refractivity contribution in [3.05, 3.63) is 94.7 Å². The van der Waals surface area contributed by atoms with E-state index in [0.29, 0.717) is 28.8 Å². The lowest BCUT2D eigenvalue weighted by atomic mass is 9.94. The molecule has 1 aliphatic heterocycles. The lowest BCUT2D eigenvalue weighted by Gasteiger charge is -2.30. The number of carbonyl (C=O) groups is 1. The summed E-state index contributed by atoms with van der Waals surface area (Å²) < 4.78 is 7.57. The number of aromatic nitrogens is 2. The molecule has 0 spiro atoms. The molecule has 0 saturated carbocycles. The minimum atomic E-state index is -0.367. The number of benzene rings is 3. The third kappa shape index (κ3) is 3.94. The Bertz CT molecular complexity index is 1360. The van der Waals surface area contributed by atoms with Gasteiger partial charge in [-0.25, -0.2) is 4.98 Å². The number of imidazole rings is 1. The summed E-state index contributed by atoms with van der Waals surface area (Å²) in [5.41, 5.74) is 4.81. The van der Waals surface area contributed by atoms with E-state index in [2.05, 4.69) is 15.2 Å². The van der Waals surface area contributed by atoms with Gasteiger partial charge in [0.05, 0.1) is 29.3 Å². The second-order valence-electron chi connectivity index (χ2n) is 7.82. The summed E-state index contributed by atoms with van der Waals surface area (Å²) in [6.07, 6.45) is 0. The van der Waals surface area contributed by atoms with Crippen molar-refractivity contribution in [1.82, 2.24) is 9.55 Å². The third-order valence-corrected chi connectivity index (χ3v) is 5.94. The highest BCUT2D eigenvalue weighted by molar-refractivity contribution is 6.30. The summed E-state index contributed by atoms with van der Waals surface area (Å²) in [4.78, 5) is 18.4. The van der Waals surface area contributed by atoms with E-state index in [1.165, 1.54) is 0 Å². The van der Waals surface area contributed by atoms with Gasteiger partial charge < -0.3 is 15.4 Å². The van der Waals surface area contributed by atoms with Crippen LogP contribution in [0.2, 0.25) is 5.02 Å². The second kappa shape index (κ2) is 8.64. The summed E-state index contributed by atoms with van der Waals surface area (Å²) in [5.74, 6) is 1.28. The van der Waals surface area contributed by atoms with Crippen LogP contribution in [0.3, 0.4) is 0 Å². The molecule has 6 nitrogen and oxygen atoms in total. The van der Waals surface area contributed by atoms with Crippen LogP contribution >= 0.6 is 11.6 Å². The average molecular weight is 459 g/mol. The van der Waals surface area contributed by atoms with Gasteiger partial charge in [-0.1, -0.05) is 35.9 Å². The molecule has 0 aliphatic carbocycles. The number of allylic oxidation sites excluding steroid dienone is 1. The van der Waals surface area contributed by atoms with Gasteiger partial charge in [-0.05, 0) is 67.9 Å². The molecule has 0 saturated heterocycles. The van der Waals surface area contributed by atoms with Crippen LogP contribution in [-0.4, -0.2) is 22.1 Å². The summed E-state index contributed by atoms with van der Waals surface area (Å²) in [6, 6.07) is 22.5. The molecule has 0 bridgehead atoms. The smallest absolute Gasteiger partial charge is 0.255 e. The Balaban J connectivity index is 1.58. The largest absolute Gasteiger partial charge is 0.494 e. The molecular formula is C26H23ClN4O2. The predicted molar refractivity (Wildman–Crippen MR) is 132 cm³/mol. The lowest BCUT2D eigenvalue weighted by Crippen LogP contribution is -2.30. The average Bonchev–Trinajstić information content (AvgIpc) is 3.18. The van der Waals surface area contributed by atoms with Crippen molar-refractivity contribution in [3.8, 4) is 5.75 Å². The third-order valence-electron chi connectivity index (χ3n) is 5.68. The quantitative estimate of drug-likeness (QED) is 0.384. The molecular weight excluding hydrogens is 436 g/mol. The number of fused-ring (bicyclic) bond motifs is 3. The number of rotatable bonds is 5. The first-order valence-corrected chi connectivity index (χ1v) is 11.2. The first-order chi connectivity index (χ1) is 16.0. The van der Waals surface area contributed by atoms with Gasteiger partial charge in [-0.3, -0.25) is 9.36 Å². The van der Waals surface area contributed by atoms with Crippen molar-refractivity contribution in [2.45, 2.75) is 19.9 Å². The van der Waals surface area contributed by atoms with Gasteiger partial charge in [0.1, 0.15) is 5.75 Å². The molecule has 0 unspecified atom stereocenters. The zero-order valence-corrected chi connectivity index (χ0v) is 19.1. The lowest BCUT2D eigenvalue weighted by molar-refractivity contribution is -0.113. The fourth-order valence-corrected chi connectivity index (χ4v) is 4.34. The Labute approximate surface area is 196 Å². The van der Waals surface area contributed by atoms with Crippen LogP contribution < -0.4 is 15.4 Å². The SMILES string of the molecule is CCOc1ccc(NC(=O)C2=C(C)Nc3nc4ccccc4n3[C@H]2c2ccc(Cl)cc2)cc1. The highest BCUT2D eigenvalue weighted by atomic mass is 35.5. The molecule has 2 heterocycles. The zero-order chi connectivity index (χ0) is 22.9. The summed E-state index contributed by atoms with van der Waals surface area (Å²) in [7, 11) is 0. The standard InChI is InChI=1S/C26H23ClN4O2/c1-3-33-20-14-12-19(13-15-20)29-25(32)23-16(2)28-26-30-21-6-4-5-7-22(21)31(26)24(23)17-8-10-18(27)11-9-17/h4-15,24H,3H2,1-2H3,(H,28,30)(H,29,32)/t24-/m0/s1. The van der Waals surface area contributed by atoms with Crippen LogP contribution in [-0.2, 0) is 4.79 Å². The first-order valence-electron chi connectivity index (χ1n) is 10.8. The van der Waals surface area contributed by atoms with Gasteiger partial charge in [0.25, 0.3) is 5.91 Å². The van der Waals surface area contributed by atoms with E-state index in [1.54, 1.807) is 0 Å². The second-order valence-corrected chi connectivity index (χ2v) is 8.26. The topological polar surface area (TPSA) is 68.2 Å². The van der Waals surface area contributed by atoms with Crippen LogP contribution in [0.25, 0.3) is 11.0 Å². The molecule has 5 rings (SSSR count). The van der Waals surface area contributed by atoms with E-state index in [0.717, 1.165) is 28.0 Å². The minimum Gasteiger partial charge on any atom is -0.494 e. The van der Waals surface area contributed by atoms with E-state index in [4.69, 9.17) is 21.3 Å². The highest BCUT2D eigenvalue weighted by Crippen LogP contribution is 2.39. The van der Waals surface area contributed by atoms with Gasteiger partial charge in [0, 0.05) is 16.4 Å². The van der Waals surface area contributed by atoms with Gasteiger partial charge in [-0.15, -0.1) is 0 Å². The summed E-state index contributed by atoms with van der Waals surface area (Å²) >= 11 is 6.16. The number of para-hydroxylation sites is 2. The molecule has 0 radical (unpaired) electrons. The van der Waals surface area contributed by atoms with E-state index in [9.17, 15) is 4.79 Å². The summed E-state index contributed by atoms with van der Waals surface area (Å²) in [5, 5.41) is 7.01. The normalized spacial score (nSPS) is 15.2. The Kier molecular flexibility index (Phi) is 5.52. The van der Waals surface area contributed by atoms with Crippen molar-refractivity contribution in [2.75, 3.05) is 17.2 Å². The number of ether oxygens (including phenoxy) is 1. The molecule has 7 heteroatoms. The molecule has 1 aromatic heterocycles. The first kappa shape index (κ1) is 21.1. The van der Waals surface area contributed by atoms with Crippen molar-refractivity contribution < 1.29 is 9.53 Å².